The van der Waals surface area contributed by atoms with Gasteiger partial charge in [0.2, 0.25) is 0 Å². The van der Waals surface area contributed by atoms with Crippen LogP contribution in [0.15, 0.2) is 18.2 Å². The first-order valence-electron chi connectivity index (χ1n) is 5.65. The number of aryl methyl sites for hydroxylation is 1. The van der Waals surface area contributed by atoms with Crippen LogP contribution in [0.25, 0.3) is 10.9 Å². The summed E-state index contributed by atoms with van der Waals surface area (Å²) in [6.45, 7) is 7.07. The van der Waals surface area contributed by atoms with Crippen LogP contribution >= 0.6 is 0 Å². The number of rotatable bonds is 3. The number of halogens is 1. The van der Waals surface area contributed by atoms with Crippen LogP contribution in [0.2, 0.25) is 0 Å². The molecule has 0 bridgehead atoms. The molecule has 2 nitrogen and oxygen atoms in total. The molecule has 0 aliphatic heterocycles. The van der Waals surface area contributed by atoms with Gasteiger partial charge >= 0.3 is 0 Å². The van der Waals surface area contributed by atoms with Crippen LogP contribution < -0.4 is 5.32 Å². The highest BCUT2D eigenvalue weighted by Gasteiger charge is 2.15. The van der Waals surface area contributed by atoms with E-state index >= 15 is 0 Å². The highest BCUT2D eigenvalue weighted by Crippen LogP contribution is 2.28. The Bertz CT molecular complexity index is 502. The van der Waals surface area contributed by atoms with E-state index in [0.29, 0.717) is 5.52 Å². The van der Waals surface area contributed by atoms with Gasteiger partial charge in [0.1, 0.15) is 5.82 Å². The van der Waals surface area contributed by atoms with Crippen LogP contribution in [-0.2, 0) is 0 Å². The summed E-state index contributed by atoms with van der Waals surface area (Å²) in [5.41, 5.74) is 2.81. The van der Waals surface area contributed by atoms with Crippen molar-refractivity contribution in [3.8, 4) is 0 Å². The molecule has 0 aliphatic rings. The third-order valence-corrected chi connectivity index (χ3v) is 2.96. The molecule has 16 heavy (non-hydrogen) atoms. The first-order chi connectivity index (χ1) is 7.65. The fourth-order valence-corrected chi connectivity index (χ4v) is 2.30. The minimum Gasteiger partial charge on any atom is -0.356 e. The summed E-state index contributed by atoms with van der Waals surface area (Å²) in [5.74, 6) is -0.185. The monoisotopic (exact) mass is 220 g/mol. The van der Waals surface area contributed by atoms with Crippen LogP contribution in [0.1, 0.15) is 31.1 Å². The molecule has 1 unspecified atom stereocenters. The number of fused-ring (bicyclic) bond motifs is 1. The summed E-state index contributed by atoms with van der Waals surface area (Å²) in [6, 6.07) is 5.44. The highest BCUT2D eigenvalue weighted by atomic mass is 19.1. The Morgan fingerprint density at radius 1 is 1.44 bits per heavy atom. The predicted octanol–water partition coefficient (Wildman–Crippen LogP) is 3.29. The standard InChI is InChI=1S/C13H17FN2/c1-4-15-8(2)12-9(3)16-13-10(12)6-5-7-11(13)14/h5-8,15-16H,4H2,1-3H3. The maximum atomic E-state index is 13.6. The summed E-state index contributed by atoms with van der Waals surface area (Å²) in [6.07, 6.45) is 0. The van der Waals surface area contributed by atoms with E-state index in [1.807, 2.05) is 13.0 Å². The number of benzene rings is 1. The SMILES string of the molecule is CCNC(C)c1c(C)[nH]c2c(F)cccc12. The van der Waals surface area contributed by atoms with Gasteiger partial charge in [0.25, 0.3) is 0 Å². The molecule has 0 radical (unpaired) electrons. The van der Waals surface area contributed by atoms with E-state index in [9.17, 15) is 4.39 Å². The van der Waals surface area contributed by atoms with Crippen molar-refractivity contribution in [1.82, 2.24) is 10.3 Å². The number of hydrogen-bond acceptors (Lipinski definition) is 1. The van der Waals surface area contributed by atoms with Gasteiger partial charge in [-0.2, -0.15) is 0 Å². The van der Waals surface area contributed by atoms with Crippen LogP contribution in [0.4, 0.5) is 4.39 Å². The maximum Gasteiger partial charge on any atom is 0.147 e. The molecule has 0 saturated carbocycles. The Hall–Kier alpha value is -1.35. The van der Waals surface area contributed by atoms with E-state index < -0.39 is 0 Å². The van der Waals surface area contributed by atoms with Gasteiger partial charge in [0.15, 0.2) is 0 Å². The lowest BCUT2D eigenvalue weighted by Crippen LogP contribution is -2.18. The van der Waals surface area contributed by atoms with Gasteiger partial charge in [-0.3, -0.25) is 0 Å². The quantitative estimate of drug-likeness (QED) is 0.816. The Morgan fingerprint density at radius 3 is 2.88 bits per heavy atom. The van der Waals surface area contributed by atoms with Gasteiger partial charge in [-0.1, -0.05) is 19.1 Å². The van der Waals surface area contributed by atoms with Crippen LogP contribution in [-0.4, -0.2) is 11.5 Å². The average molecular weight is 220 g/mol. The summed E-state index contributed by atoms with van der Waals surface area (Å²) in [4.78, 5) is 3.12. The molecule has 1 heterocycles. The second kappa shape index (κ2) is 4.26. The smallest absolute Gasteiger partial charge is 0.147 e. The number of H-pyrrole nitrogens is 1. The van der Waals surface area contributed by atoms with Crippen LogP contribution in [0.5, 0.6) is 0 Å². The van der Waals surface area contributed by atoms with E-state index in [-0.39, 0.29) is 11.9 Å². The van der Waals surface area contributed by atoms with E-state index in [2.05, 4.69) is 24.1 Å². The Morgan fingerprint density at radius 2 is 2.19 bits per heavy atom. The summed E-state index contributed by atoms with van der Waals surface area (Å²) in [5, 5.41) is 4.34. The average Bonchev–Trinajstić information content (AvgIpc) is 2.56. The van der Waals surface area contributed by atoms with Crippen molar-refractivity contribution < 1.29 is 4.39 Å². The third kappa shape index (κ3) is 1.71. The predicted molar refractivity (Wildman–Crippen MR) is 65.1 cm³/mol. The first kappa shape index (κ1) is 11.1. The van der Waals surface area contributed by atoms with E-state index in [4.69, 9.17) is 0 Å². The fourth-order valence-electron chi connectivity index (χ4n) is 2.30. The van der Waals surface area contributed by atoms with Crippen molar-refractivity contribution in [3.63, 3.8) is 0 Å². The lowest BCUT2D eigenvalue weighted by atomic mass is 10.0. The largest absolute Gasteiger partial charge is 0.356 e. The van der Waals surface area contributed by atoms with Crippen LogP contribution in [0.3, 0.4) is 0 Å². The summed E-state index contributed by atoms with van der Waals surface area (Å²) in [7, 11) is 0. The normalized spacial score (nSPS) is 13.2. The van der Waals surface area contributed by atoms with E-state index in [1.165, 1.54) is 6.07 Å². The molecule has 3 heteroatoms. The van der Waals surface area contributed by atoms with Crippen molar-refractivity contribution in [2.24, 2.45) is 0 Å². The van der Waals surface area contributed by atoms with Crippen molar-refractivity contribution in [1.29, 1.82) is 0 Å². The van der Waals surface area contributed by atoms with Gasteiger partial charge in [0, 0.05) is 17.1 Å². The van der Waals surface area contributed by atoms with Crippen molar-refractivity contribution in [2.45, 2.75) is 26.8 Å². The number of nitrogens with one attached hydrogen (secondary N) is 2. The zero-order chi connectivity index (χ0) is 11.7. The number of para-hydroxylation sites is 1. The molecule has 1 aromatic carbocycles. The molecular weight excluding hydrogens is 203 g/mol. The molecule has 0 amide bonds. The number of hydrogen-bond donors (Lipinski definition) is 2. The van der Waals surface area contributed by atoms with Crippen LogP contribution in [0, 0.1) is 12.7 Å². The van der Waals surface area contributed by atoms with Crippen molar-refractivity contribution >= 4 is 10.9 Å². The lowest BCUT2D eigenvalue weighted by Gasteiger charge is -2.12. The summed E-state index contributed by atoms with van der Waals surface area (Å²) < 4.78 is 13.6. The maximum absolute atomic E-state index is 13.6. The first-order valence-corrected chi connectivity index (χ1v) is 5.65. The fraction of sp³-hybridized carbons (Fsp3) is 0.385. The molecule has 2 rings (SSSR count). The number of aromatic nitrogens is 1. The zero-order valence-electron chi connectivity index (χ0n) is 9.89. The molecule has 0 spiro atoms. The lowest BCUT2D eigenvalue weighted by molar-refractivity contribution is 0.599. The molecule has 0 aliphatic carbocycles. The summed E-state index contributed by atoms with van der Waals surface area (Å²) >= 11 is 0. The molecule has 1 atom stereocenters. The van der Waals surface area contributed by atoms with Gasteiger partial charge < -0.3 is 10.3 Å². The van der Waals surface area contributed by atoms with Crippen molar-refractivity contribution in [3.05, 3.63) is 35.3 Å². The minimum atomic E-state index is -0.185. The molecule has 1 aromatic heterocycles. The molecule has 0 saturated heterocycles. The third-order valence-electron chi connectivity index (χ3n) is 2.96. The van der Waals surface area contributed by atoms with E-state index in [0.717, 1.165) is 23.2 Å². The Kier molecular flexibility index (Phi) is 2.97. The van der Waals surface area contributed by atoms with Gasteiger partial charge in [0.05, 0.1) is 5.52 Å². The molecule has 86 valence electrons. The Labute approximate surface area is 94.9 Å². The molecule has 2 aromatic rings. The number of aromatic amines is 1. The van der Waals surface area contributed by atoms with Gasteiger partial charge in [-0.05, 0) is 32.0 Å². The molecule has 2 N–H and O–H groups in total. The minimum absolute atomic E-state index is 0.185. The second-order valence-corrected chi connectivity index (χ2v) is 4.11. The molecule has 0 fully saturated rings. The molecular formula is C13H17FN2. The van der Waals surface area contributed by atoms with Gasteiger partial charge in [-0.25, -0.2) is 4.39 Å². The Balaban J connectivity index is 2.60. The van der Waals surface area contributed by atoms with Gasteiger partial charge in [-0.15, -0.1) is 0 Å². The zero-order valence-corrected chi connectivity index (χ0v) is 9.89. The highest BCUT2D eigenvalue weighted by molar-refractivity contribution is 5.85. The van der Waals surface area contributed by atoms with E-state index in [1.54, 1.807) is 6.07 Å². The van der Waals surface area contributed by atoms with Crippen molar-refractivity contribution in [2.75, 3.05) is 6.54 Å². The second-order valence-electron chi connectivity index (χ2n) is 4.11. The topological polar surface area (TPSA) is 27.8 Å².